The molecule has 5 nitrogen and oxygen atoms in total. The maximum absolute atomic E-state index is 12.0. The molecule has 110 valence electrons. The maximum atomic E-state index is 12.0. The summed E-state index contributed by atoms with van der Waals surface area (Å²) in [5.41, 5.74) is 1.46. The minimum atomic E-state index is -0.627. The maximum Gasteiger partial charge on any atom is 0.341 e. The third-order valence-corrected chi connectivity index (χ3v) is 3.75. The van der Waals surface area contributed by atoms with Crippen molar-refractivity contribution in [3.05, 3.63) is 45.6 Å². The topological polar surface area (TPSA) is 75.6 Å². The fourth-order valence-corrected chi connectivity index (χ4v) is 2.52. The van der Waals surface area contributed by atoms with E-state index in [9.17, 15) is 14.7 Å². The predicted octanol–water partition coefficient (Wildman–Crippen LogP) is 3.19. The van der Waals surface area contributed by atoms with Gasteiger partial charge in [0.25, 0.3) is 5.91 Å². The molecule has 1 heterocycles. The summed E-state index contributed by atoms with van der Waals surface area (Å²) in [6.45, 7) is 3.80. The number of nitrogens with one attached hydrogen (secondary N) is 1. The average molecular weight is 305 g/mol. The molecule has 21 heavy (non-hydrogen) atoms. The number of carbonyl (C=O) groups is 2. The molecule has 0 fully saturated rings. The van der Waals surface area contributed by atoms with Crippen molar-refractivity contribution in [3.8, 4) is 5.75 Å². The summed E-state index contributed by atoms with van der Waals surface area (Å²) in [6, 6.07) is 6.05. The van der Waals surface area contributed by atoms with Gasteiger partial charge < -0.3 is 15.2 Å². The molecule has 0 atom stereocenters. The van der Waals surface area contributed by atoms with Gasteiger partial charge in [-0.05, 0) is 49.1 Å². The summed E-state index contributed by atoms with van der Waals surface area (Å²) >= 11 is 1.35. The van der Waals surface area contributed by atoms with Gasteiger partial charge in [0.1, 0.15) is 11.3 Å². The van der Waals surface area contributed by atoms with Crippen LogP contribution in [0.4, 0.5) is 5.69 Å². The Morgan fingerprint density at radius 3 is 2.71 bits per heavy atom. The van der Waals surface area contributed by atoms with E-state index >= 15 is 0 Å². The molecule has 1 aromatic heterocycles. The number of phenols is 1. The van der Waals surface area contributed by atoms with Crippen molar-refractivity contribution in [3.63, 3.8) is 0 Å². The number of anilines is 1. The zero-order chi connectivity index (χ0) is 15.4. The molecular formula is C15H15NO4S. The smallest absolute Gasteiger partial charge is 0.341 e. The van der Waals surface area contributed by atoms with E-state index < -0.39 is 5.97 Å². The molecule has 2 rings (SSSR count). The summed E-state index contributed by atoms with van der Waals surface area (Å²) in [5, 5.41) is 14.2. The minimum Gasteiger partial charge on any atom is -0.507 e. The number of benzene rings is 1. The van der Waals surface area contributed by atoms with E-state index in [0.29, 0.717) is 10.6 Å². The molecule has 0 unspecified atom stereocenters. The molecular weight excluding hydrogens is 290 g/mol. The van der Waals surface area contributed by atoms with Crippen molar-refractivity contribution in [2.45, 2.75) is 13.8 Å². The Labute approximate surface area is 126 Å². The van der Waals surface area contributed by atoms with Crippen LogP contribution >= 0.6 is 11.3 Å². The molecule has 0 spiro atoms. The lowest BCUT2D eigenvalue weighted by Crippen LogP contribution is -2.11. The standard InChI is InChI=1S/C15H15NO4S/c1-3-20-15(19)11-7-10(4-5-12(11)17)16-14(18)13-6-9(2)8-21-13/h4-8,17H,3H2,1-2H3,(H,16,18). The zero-order valence-corrected chi connectivity index (χ0v) is 12.5. The van der Waals surface area contributed by atoms with Gasteiger partial charge in [-0.3, -0.25) is 4.79 Å². The highest BCUT2D eigenvalue weighted by atomic mass is 32.1. The van der Waals surface area contributed by atoms with Crippen molar-refractivity contribution in [2.24, 2.45) is 0 Å². The highest BCUT2D eigenvalue weighted by Crippen LogP contribution is 2.23. The summed E-state index contributed by atoms with van der Waals surface area (Å²) in [5.74, 6) is -1.06. The lowest BCUT2D eigenvalue weighted by atomic mass is 10.1. The molecule has 6 heteroatoms. The average Bonchev–Trinajstić information content (AvgIpc) is 2.88. The van der Waals surface area contributed by atoms with E-state index in [2.05, 4.69) is 5.32 Å². The first kappa shape index (κ1) is 15.1. The number of hydrogen-bond donors (Lipinski definition) is 2. The first-order chi connectivity index (χ1) is 10.0. The number of thiophene rings is 1. The molecule has 0 aliphatic carbocycles. The van der Waals surface area contributed by atoms with Crippen LogP contribution in [0.2, 0.25) is 0 Å². The number of phenolic OH excluding ortho intramolecular Hbond substituents is 1. The van der Waals surface area contributed by atoms with Gasteiger partial charge in [-0.1, -0.05) is 0 Å². The van der Waals surface area contributed by atoms with Crippen molar-refractivity contribution in [2.75, 3.05) is 11.9 Å². The molecule has 1 aromatic carbocycles. The van der Waals surface area contributed by atoms with E-state index in [1.165, 1.54) is 29.5 Å². The van der Waals surface area contributed by atoms with Gasteiger partial charge in [0.05, 0.1) is 11.5 Å². The Morgan fingerprint density at radius 1 is 1.33 bits per heavy atom. The first-order valence-electron chi connectivity index (χ1n) is 6.38. The summed E-state index contributed by atoms with van der Waals surface area (Å²) in [4.78, 5) is 24.3. The van der Waals surface area contributed by atoms with Crippen LogP contribution < -0.4 is 5.32 Å². The lowest BCUT2D eigenvalue weighted by molar-refractivity contribution is 0.0523. The van der Waals surface area contributed by atoms with E-state index in [1.807, 2.05) is 12.3 Å². The van der Waals surface area contributed by atoms with Gasteiger partial charge in [0.15, 0.2) is 0 Å². The molecule has 0 bridgehead atoms. The van der Waals surface area contributed by atoms with E-state index in [-0.39, 0.29) is 23.8 Å². The fourth-order valence-electron chi connectivity index (χ4n) is 1.73. The monoisotopic (exact) mass is 305 g/mol. The van der Waals surface area contributed by atoms with Crippen LogP contribution in [0, 0.1) is 6.92 Å². The van der Waals surface area contributed by atoms with Gasteiger partial charge in [-0.25, -0.2) is 4.79 Å². The van der Waals surface area contributed by atoms with Crippen LogP contribution in [0.1, 0.15) is 32.5 Å². The normalized spacial score (nSPS) is 10.2. The van der Waals surface area contributed by atoms with Crippen LogP contribution in [0.15, 0.2) is 29.6 Å². The SMILES string of the molecule is CCOC(=O)c1cc(NC(=O)c2cc(C)cs2)ccc1O. The Hall–Kier alpha value is -2.34. The van der Waals surface area contributed by atoms with Crippen molar-refractivity contribution in [1.82, 2.24) is 0 Å². The van der Waals surface area contributed by atoms with Crippen LogP contribution in [0.5, 0.6) is 5.75 Å². The van der Waals surface area contributed by atoms with Gasteiger partial charge in [-0.15, -0.1) is 11.3 Å². The van der Waals surface area contributed by atoms with E-state index in [1.54, 1.807) is 13.0 Å². The number of aryl methyl sites for hydroxylation is 1. The third kappa shape index (κ3) is 3.61. The number of ether oxygens (including phenoxy) is 1. The summed E-state index contributed by atoms with van der Waals surface area (Å²) in [7, 11) is 0. The predicted molar refractivity (Wildman–Crippen MR) is 81.1 cm³/mol. The molecule has 0 saturated heterocycles. The second-order valence-electron chi connectivity index (χ2n) is 4.39. The van der Waals surface area contributed by atoms with Crippen LogP contribution in [-0.2, 0) is 4.74 Å². The number of esters is 1. The quantitative estimate of drug-likeness (QED) is 0.672. The largest absolute Gasteiger partial charge is 0.507 e. The van der Waals surface area contributed by atoms with Gasteiger partial charge in [-0.2, -0.15) is 0 Å². The Morgan fingerprint density at radius 2 is 2.10 bits per heavy atom. The van der Waals surface area contributed by atoms with Crippen molar-refractivity contribution < 1.29 is 19.4 Å². The molecule has 0 aliphatic rings. The number of amides is 1. The highest BCUT2D eigenvalue weighted by molar-refractivity contribution is 7.12. The van der Waals surface area contributed by atoms with Crippen molar-refractivity contribution >= 4 is 28.9 Å². The Kier molecular flexibility index (Phi) is 4.59. The Bertz CT molecular complexity index is 678. The zero-order valence-electron chi connectivity index (χ0n) is 11.7. The fraction of sp³-hybridized carbons (Fsp3) is 0.200. The van der Waals surface area contributed by atoms with Crippen LogP contribution in [0.25, 0.3) is 0 Å². The number of aromatic hydroxyl groups is 1. The molecule has 2 N–H and O–H groups in total. The summed E-state index contributed by atoms with van der Waals surface area (Å²) in [6.07, 6.45) is 0. The van der Waals surface area contributed by atoms with Gasteiger partial charge >= 0.3 is 5.97 Å². The molecule has 0 radical (unpaired) electrons. The lowest BCUT2D eigenvalue weighted by Gasteiger charge is -2.08. The molecule has 1 amide bonds. The van der Waals surface area contributed by atoms with Crippen LogP contribution in [0.3, 0.4) is 0 Å². The van der Waals surface area contributed by atoms with E-state index in [4.69, 9.17) is 4.74 Å². The van der Waals surface area contributed by atoms with Crippen molar-refractivity contribution in [1.29, 1.82) is 0 Å². The molecule has 0 saturated carbocycles. The van der Waals surface area contributed by atoms with E-state index in [0.717, 1.165) is 5.56 Å². The molecule has 0 aliphatic heterocycles. The number of carbonyl (C=O) groups excluding carboxylic acids is 2. The van der Waals surface area contributed by atoms with Gasteiger partial charge in [0.2, 0.25) is 0 Å². The second-order valence-corrected chi connectivity index (χ2v) is 5.31. The third-order valence-electron chi connectivity index (χ3n) is 2.70. The summed E-state index contributed by atoms with van der Waals surface area (Å²) < 4.78 is 4.85. The first-order valence-corrected chi connectivity index (χ1v) is 7.26. The number of hydrogen-bond acceptors (Lipinski definition) is 5. The second kappa shape index (κ2) is 6.41. The Balaban J connectivity index is 2.19. The minimum absolute atomic E-state index is 0.0250. The van der Waals surface area contributed by atoms with Crippen LogP contribution in [-0.4, -0.2) is 23.6 Å². The molecule has 2 aromatic rings. The number of rotatable bonds is 4. The van der Waals surface area contributed by atoms with Gasteiger partial charge in [0, 0.05) is 5.69 Å². The highest BCUT2D eigenvalue weighted by Gasteiger charge is 2.15.